The second kappa shape index (κ2) is 7.04. The quantitative estimate of drug-likeness (QED) is 0.710. The third-order valence-corrected chi connectivity index (χ3v) is 4.86. The van der Waals surface area contributed by atoms with Gasteiger partial charge in [-0.05, 0) is 42.3 Å². The Morgan fingerprint density at radius 1 is 1.22 bits per heavy atom. The lowest BCUT2D eigenvalue weighted by atomic mass is 10.1. The molecular weight excluding hydrogens is 340 g/mol. The highest BCUT2D eigenvalue weighted by Gasteiger charge is 2.35. The summed E-state index contributed by atoms with van der Waals surface area (Å²) in [7, 11) is 0. The molecule has 0 bridgehead atoms. The molecule has 4 rings (SSSR count). The molecule has 1 amide bonds. The molecule has 0 spiro atoms. The molecular formula is C21H18N4O2. The van der Waals surface area contributed by atoms with Crippen LogP contribution in [0.1, 0.15) is 36.2 Å². The normalized spacial score (nSPS) is 16.5. The molecule has 1 saturated heterocycles. The van der Waals surface area contributed by atoms with Crippen LogP contribution in [0.4, 0.5) is 5.69 Å². The standard InChI is InChI=1S/C21H18N4O2/c1-2-15-5-3-4-6-18(15)25-13-17(11-19(25)26)20-23-21(27-24-20)16-9-7-14(12-22)8-10-16/h3-10,17H,2,11,13H2,1H3. The van der Waals surface area contributed by atoms with Gasteiger partial charge in [0.1, 0.15) is 0 Å². The fourth-order valence-corrected chi connectivity index (χ4v) is 3.39. The van der Waals surface area contributed by atoms with Crippen molar-refractivity contribution in [1.82, 2.24) is 10.1 Å². The number of carbonyl (C=O) groups is 1. The van der Waals surface area contributed by atoms with E-state index in [2.05, 4.69) is 23.1 Å². The van der Waals surface area contributed by atoms with Crippen molar-refractivity contribution in [2.75, 3.05) is 11.4 Å². The van der Waals surface area contributed by atoms with Crippen LogP contribution < -0.4 is 4.90 Å². The number of anilines is 1. The number of para-hydroxylation sites is 1. The molecule has 0 saturated carbocycles. The molecule has 1 unspecified atom stereocenters. The van der Waals surface area contributed by atoms with E-state index in [0.717, 1.165) is 23.2 Å². The molecule has 134 valence electrons. The third kappa shape index (κ3) is 3.20. The van der Waals surface area contributed by atoms with E-state index in [0.29, 0.717) is 30.2 Å². The number of rotatable bonds is 4. The largest absolute Gasteiger partial charge is 0.334 e. The maximum absolute atomic E-state index is 12.6. The molecule has 0 radical (unpaired) electrons. The van der Waals surface area contributed by atoms with Crippen LogP contribution in [-0.4, -0.2) is 22.6 Å². The van der Waals surface area contributed by atoms with Gasteiger partial charge in [-0.15, -0.1) is 0 Å². The van der Waals surface area contributed by atoms with Crippen molar-refractivity contribution in [3.8, 4) is 17.5 Å². The number of amides is 1. The zero-order chi connectivity index (χ0) is 18.8. The molecule has 2 aromatic carbocycles. The van der Waals surface area contributed by atoms with Gasteiger partial charge in [0.25, 0.3) is 5.89 Å². The SMILES string of the molecule is CCc1ccccc1N1CC(c2noc(-c3ccc(C#N)cc3)n2)CC1=O. The number of aryl methyl sites for hydroxylation is 1. The fraction of sp³-hybridized carbons (Fsp3) is 0.238. The average molecular weight is 358 g/mol. The first kappa shape index (κ1) is 17.0. The Labute approximate surface area is 157 Å². The smallest absolute Gasteiger partial charge is 0.257 e. The molecule has 1 aliphatic rings. The topological polar surface area (TPSA) is 83.0 Å². The van der Waals surface area contributed by atoms with Gasteiger partial charge >= 0.3 is 0 Å². The summed E-state index contributed by atoms with van der Waals surface area (Å²) in [6.07, 6.45) is 1.24. The van der Waals surface area contributed by atoms with Gasteiger partial charge in [0.05, 0.1) is 11.6 Å². The van der Waals surface area contributed by atoms with E-state index in [1.54, 1.807) is 24.3 Å². The minimum atomic E-state index is -0.0988. The first-order valence-electron chi connectivity index (χ1n) is 8.92. The van der Waals surface area contributed by atoms with Crippen LogP contribution in [0.5, 0.6) is 0 Å². The molecule has 1 aliphatic heterocycles. The highest BCUT2D eigenvalue weighted by Crippen LogP contribution is 2.33. The summed E-state index contributed by atoms with van der Waals surface area (Å²) in [4.78, 5) is 18.9. The number of carbonyl (C=O) groups excluding carboxylic acids is 1. The zero-order valence-corrected chi connectivity index (χ0v) is 14.9. The van der Waals surface area contributed by atoms with E-state index in [9.17, 15) is 4.79 Å². The van der Waals surface area contributed by atoms with Crippen molar-refractivity contribution < 1.29 is 9.32 Å². The lowest BCUT2D eigenvalue weighted by Gasteiger charge is -2.19. The number of hydrogen-bond acceptors (Lipinski definition) is 5. The summed E-state index contributed by atoms with van der Waals surface area (Å²) >= 11 is 0. The molecule has 0 N–H and O–H groups in total. The van der Waals surface area contributed by atoms with Crippen molar-refractivity contribution in [1.29, 1.82) is 5.26 Å². The van der Waals surface area contributed by atoms with Crippen molar-refractivity contribution in [2.24, 2.45) is 0 Å². The van der Waals surface area contributed by atoms with E-state index >= 15 is 0 Å². The Morgan fingerprint density at radius 3 is 2.74 bits per heavy atom. The maximum Gasteiger partial charge on any atom is 0.257 e. The first-order chi connectivity index (χ1) is 13.2. The summed E-state index contributed by atoms with van der Waals surface area (Å²) < 4.78 is 5.38. The van der Waals surface area contributed by atoms with E-state index < -0.39 is 0 Å². The summed E-state index contributed by atoms with van der Waals surface area (Å²) in [5.74, 6) is 0.914. The van der Waals surface area contributed by atoms with Gasteiger partial charge < -0.3 is 9.42 Å². The maximum atomic E-state index is 12.6. The van der Waals surface area contributed by atoms with Crippen LogP contribution in [0, 0.1) is 11.3 Å². The van der Waals surface area contributed by atoms with Crippen LogP contribution in [0.3, 0.4) is 0 Å². The number of nitriles is 1. The Kier molecular flexibility index (Phi) is 4.43. The number of nitrogens with zero attached hydrogens (tertiary/aromatic N) is 4. The minimum Gasteiger partial charge on any atom is -0.334 e. The Balaban J connectivity index is 1.56. The van der Waals surface area contributed by atoms with Crippen LogP contribution in [0.2, 0.25) is 0 Å². The lowest BCUT2D eigenvalue weighted by molar-refractivity contribution is -0.117. The Hall–Kier alpha value is -3.46. The fourth-order valence-electron chi connectivity index (χ4n) is 3.39. The number of benzene rings is 2. The first-order valence-corrected chi connectivity index (χ1v) is 8.92. The molecule has 1 fully saturated rings. The van der Waals surface area contributed by atoms with Crippen LogP contribution in [0.25, 0.3) is 11.5 Å². The lowest BCUT2D eigenvalue weighted by Crippen LogP contribution is -2.25. The molecule has 3 aromatic rings. The summed E-state index contributed by atoms with van der Waals surface area (Å²) in [6, 6.07) is 17.0. The van der Waals surface area contributed by atoms with Gasteiger partial charge in [-0.25, -0.2) is 0 Å². The molecule has 27 heavy (non-hydrogen) atoms. The highest BCUT2D eigenvalue weighted by molar-refractivity contribution is 5.97. The number of aromatic nitrogens is 2. The van der Waals surface area contributed by atoms with E-state index in [-0.39, 0.29) is 11.8 Å². The average Bonchev–Trinajstić information content (AvgIpc) is 3.35. The summed E-state index contributed by atoms with van der Waals surface area (Å²) in [5, 5.41) is 13.0. The molecule has 1 atom stereocenters. The molecule has 6 nitrogen and oxygen atoms in total. The minimum absolute atomic E-state index is 0.0747. The van der Waals surface area contributed by atoms with E-state index in [1.165, 1.54) is 0 Å². The number of hydrogen-bond donors (Lipinski definition) is 0. The zero-order valence-electron chi connectivity index (χ0n) is 14.9. The van der Waals surface area contributed by atoms with Gasteiger partial charge in [-0.2, -0.15) is 10.2 Å². The van der Waals surface area contributed by atoms with Crippen LogP contribution in [-0.2, 0) is 11.2 Å². The summed E-state index contributed by atoms with van der Waals surface area (Å²) in [5.41, 5.74) is 3.44. The molecule has 1 aromatic heterocycles. The predicted octanol–water partition coefficient (Wildman–Crippen LogP) is 3.69. The Bertz CT molecular complexity index is 1020. The molecule has 0 aliphatic carbocycles. The predicted molar refractivity (Wildman–Crippen MR) is 100.0 cm³/mol. The van der Waals surface area contributed by atoms with Gasteiger partial charge in [0.2, 0.25) is 5.91 Å². The Morgan fingerprint density at radius 2 is 2.00 bits per heavy atom. The van der Waals surface area contributed by atoms with Crippen LogP contribution >= 0.6 is 0 Å². The van der Waals surface area contributed by atoms with Crippen molar-refractivity contribution >= 4 is 11.6 Å². The van der Waals surface area contributed by atoms with E-state index in [1.807, 2.05) is 29.2 Å². The van der Waals surface area contributed by atoms with Gasteiger partial charge in [0, 0.05) is 30.1 Å². The van der Waals surface area contributed by atoms with Gasteiger partial charge in [-0.1, -0.05) is 30.3 Å². The second-order valence-corrected chi connectivity index (χ2v) is 6.53. The molecule has 2 heterocycles. The van der Waals surface area contributed by atoms with Crippen LogP contribution in [0.15, 0.2) is 53.1 Å². The molecule has 6 heteroatoms. The van der Waals surface area contributed by atoms with Gasteiger partial charge in [-0.3, -0.25) is 4.79 Å². The second-order valence-electron chi connectivity index (χ2n) is 6.53. The van der Waals surface area contributed by atoms with Crippen molar-refractivity contribution in [2.45, 2.75) is 25.7 Å². The summed E-state index contributed by atoms with van der Waals surface area (Å²) in [6.45, 7) is 2.63. The van der Waals surface area contributed by atoms with Crippen molar-refractivity contribution in [3.05, 3.63) is 65.5 Å². The monoisotopic (exact) mass is 358 g/mol. The van der Waals surface area contributed by atoms with Gasteiger partial charge in [0.15, 0.2) is 5.82 Å². The highest BCUT2D eigenvalue weighted by atomic mass is 16.5. The third-order valence-electron chi connectivity index (χ3n) is 4.86. The van der Waals surface area contributed by atoms with Crippen molar-refractivity contribution in [3.63, 3.8) is 0 Å². The van der Waals surface area contributed by atoms with E-state index in [4.69, 9.17) is 9.78 Å².